The molecule has 0 bridgehead atoms. The average molecular weight is 385 g/mol. The Morgan fingerprint density at radius 2 is 1.67 bits per heavy atom. The van der Waals surface area contributed by atoms with Crippen molar-refractivity contribution in [3.8, 4) is 11.5 Å². The van der Waals surface area contributed by atoms with E-state index < -0.39 is 0 Å². The van der Waals surface area contributed by atoms with Gasteiger partial charge in [0.2, 0.25) is 5.95 Å². The van der Waals surface area contributed by atoms with Gasteiger partial charge in [0, 0.05) is 35.1 Å². The molecule has 0 atom stereocenters. The van der Waals surface area contributed by atoms with E-state index in [2.05, 4.69) is 20.6 Å². The van der Waals surface area contributed by atoms with Gasteiger partial charge < -0.3 is 20.1 Å². The first-order valence-electron chi connectivity index (χ1n) is 8.40. The van der Waals surface area contributed by atoms with Crippen molar-refractivity contribution in [2.75, 3.05) is 24.9 Å². The highest BCUT2D eigenvalue weighted by molar-refractivity contribution is 6.30. The summed E-state index contributed by atoms with van der Waals surface area (Å²) in [5.74, 6) is 2.54. The molecule has 3 aromatic rings. The smallest absolute Gasteiger partial charge is 0.229 e. The zero-order chi connectivity index (χ0) is 19.2. The van der Waals surface area contributed by atoms with E-state index >= 15 is 0 Å². The van der Waals surface area contributed by atoms with Crippen molar-refractivity contribution in [3.05, 3.63) is 64.8 Å². The molecule has 0 aliphatic rings. The number of aryl methyl sites for hydroxylation is 1. The molecular formula is C20H21ClN4O2. The van der Waals surface area contributed by atoms with E-state index in [-0.39, 0.29) is 0 Å². The minimum atomic E-state index is 0.501. The van der Waals surface area contributed by atoms with Crippen molar-refractivity contribution >= 4 is 29.1 Å². The van der Waals surface area contributed by atoms with Crippen LogP contribution in [0.2, 0.25) is 5.02 Å². The van der Waals surface area contributed by atoms with Gasteiger partial charge in [0.15, 0.2) is 11.5 Å². The molecule has 0 radical (unpaired) electrons. The molecular weight excluding hydrogens is 364 g/mol. The SMILES string of the molecule is COc1ccc(Nc2nc(C)cc(NCc3ccc(Cl)cc3)n2)cc1OC. The fraction of sp³-hybridized carbons (Fsp3) is 0.200. The summed E-state index contributed by atoms with van der Waals surface area (Å²) < 4.78 is 10.6. The molecule has 6 nitrogen and oxygen atoms in total. The van der Waals surface area contributed by atoms with Gasteiger partial charge in [0.05, 0.1) is 14.2 Å². The molecule has 0 unspecified atom stereocenters. The molecule has 1 aromatic heterocycles. The van der Waals surface area contributed by atoms with Gasteiger partial charge in [-0.1, -0.05) is 23.7 Å². The Hall–Kier alpha value is -2.99. The lowest BCUT2D eigenvalue weighted by molar-refractivity contribution is 0.355. The lowest BCUT2D eigenvalue weighted by Gasteiger charge is -2.12. The lowest BCUT2D eigenvalue weighted by Crippen LogP contribution is -2.05. The number of benzene rings is 2. The second kappa shape index (κ2) is 8.60. The topological polar surface area (TPSA) is 68.3 Å². The molecule has 140 valence electrons. The van der Waals surface area contributed by atoms with Gasteiger partial charge in [0.1, 0.15) is 5.82 Å². The minimum absolute atomic E-state index is 0.501. The molecule has 1 heterocycles. The third-order valence-corrected chi connectivity index (χ3v) is 4.13. The average Bonchev–Trinajstić information content (AvgIpc) is 2.67. The van der Waals surface area contributed by atoms with E-state index in [0.717, 1.165) is 27.8 Å². The molecule has 2 N–H and O–H groups in total. The number of ether oxygens (including phenoxy) is 2. The number of anilines is 3. The third-order valence-electron chi connectivity index (χ3n) is 3.88. The quantitative estimate of drug-likeness (QED) is 0.609. The Morgan fingerprint density at radius 3 is 2.37 bits per heavy atom. The van der Waals surface area contributed by atoms with E-state index in [9.17, 15) is 0 Å². The van der Waals surface area contributed by atoms with Crippen LogP contribution in [0.3, 0.4) is 0 Å². The van der Waals surface area contributed by atoms with Crippen LogP contribution in [0.1, 0.15) is 11.3 Å². The van der Waals surface area contributed by atoms with Crippen LogP contribution in [0.4, 0.5) is 17.5 Å². The zero-order valence-electron chi connectivity index (χ0n) is 15.4. The lowest BCUT2D eigenvalue weighted by atomic mass is 10.2. The van der Waals surface area contributed by atoms with Crippen LogP contribution in [0.25, 0.3) is 0 Å². The summed E-state index contributed by atoms with van der Waals surface area (Å²) >= 11 is 5.92. The summed E-state index contributed by atoms with van der Waals surface area (Å²) in [7, 11) is 3.21. The van der Waals surface area contributed by atoms with E-state index in [1.54, 1.807) is 14.2 Å². The van der Waals surface area contributed by atoms with Gasteiger partial charge in [-0.15, -0.1) is 0 Å². The van der Waals surface area contributed by atoms with Crippen LogP contribution in [0.5, 0.6) is 11.5 Å². The Morgan fingerprint density at radius 1 is 0.926 bits per heavy atom. The van der Waals surface area contributed by atoms with Gasteiger partial charge in [-0.3, -0.25) is 0 Å². The normalized spacial score (nSPS) is 10.4. The van der Waals surface area contributed by atoms with E-state index in [4.69, 9.17) is 21.1 Å². The molecule has 0 amide bonds. The third kappa shape index (κ3) is 5.01. The molecule has 3 rings (SSSR count). The molecule has 0 aliphatic heterocycles. The zero-order valence-corrected chi connectivity index (χ0v) is 16.2. The number of halogens is 1. The van der Waals surface area contributed by atoms with Crippen molar-refractivity contribution in [2.45, 2.75) is 13.5 Å². The van der Waals surface area contributed by atoms with Gasteiger partial charge in [0.25, 0.3) is 0 Å². The maximum absolute atomic E-state index is 5.92. The number of rotatable bonds is 7. The first-order valence-corrected chi connectivity index (χ1v) is 8.78. The van der Waals surface area contributed by atoms with Crippen molar-refractivity contribution in [2.24, 2.45) is 0 Å². The fourth-order valence-electron chi connectivity index (χ4n) is 2.55. The number of nitrogens with one attached hydrogen (secondary N) is 2. The first-order chi connectivity index (χ1) is 13.1. The Balaban J connectivity index is 1.74. The van der Waals surface area contributed by atoms with Crippen LogP contribution in [0.15, 0.2) is 48.5 Å². The van der Waals surface area contributed by atoms with Gasteiger partial charge in [-0.05, 0) is 36.8 Å². The highest BCUT2D eigenvalue weighted by Gasteiger charge is 2.07. The number of nitrogens with zero attached hydrogens (tertiary/aromatic N) is 2. The van der Waals surface area contributed by atoms with Crippen LogP contribution in [0, 0.1) is 6.92 Å². The molecule has 0 spiro atoms. The Bertz CT molecular complexity index is 916. The number of hydrogen-bond acceptors (Lipinski definition) is 6. The van der Waals surface area contributed by atoms with E-state index in [1.807, 2.05) is 55.5 Å². The second-order valence-electron chi connectivity index (χ2n) is 5.89. The van der Waals surface area contributed by atoms with Gasteiger partial charge in [-0.25, -0.2) is 4.98 Å². The number of aromatic nitrogens is 2. The minimum Gasteiger partial charge on any atom is -0.493 e. The summed E-state index contributed by atoms with van der Waals surface area (Å²) in [6.45, 7) is 2.57. The highest BCUT2D eigenvalue weighted by atomic mass is 35.5. The molecule has 2 aromatic carbocycles. The summed E-state index contributed by atoms with van der Waals surface area (Å²) in [4.78, 5) is 8.97. The molecule has 7 heteroatoms. The molecule has 0 saturated carbocycles. The first kappa shape index (κ1) is 18.8. The molecule has 0 saturated heterocycles. The Kier molecular flexibility index (Phi) is 5.98. The summed E-state index contributed by atoms with van der Waals surface area (Å²) in [6.07, 6.45) is 0. The van der Waals surface area contributed by atoms with Crippen molar-refractivity contribution in [1.82, 2.24) is 9.97 Å². The van der Waals surface area contributed by atoms with Crippen LogP contribution in [-0.2, 0) is 6.54 Å². The standard InChI is InChI=1S/C20H21ClN4O2/c1-13-10-19(22-12-14-4-6-15(21)7-5-14)25-20(23-13)24-16-8-9-17(26-2)18(11-16)27-3/h4-11H,12H2,1-3H3,(H2,22,23,24,25). The van der Waals surface area contributed by atoms with E-state index in [0.29, 0.717) is 24.0 Å². The fourth-order valence-corrected chi connectivity index (χ4v) is 2.68. The highest BCUT2D eigenvalue weighted by Crippen LogP contribution is 2.30. The molecule has 0 aliphatic carbocycles. The second-order valence-corrected chi connectivity index (χ2v) is 6.33. The number of methoxy groups -OCH3 is 2. The van der Waals surface area contributed by atoms with Gasteiger partial charge in [-0.2, -0.15) is 4.98 Å². The van der Waals surface area contributed by atoms with E-state index in [1.165, 1.54) is 0 Å². The maximum atomic E-state index is 5.92. The Labute approximate surface area is 163 Å². The summed E-state index contributed by atoms with van der Waals surface area (Å²) in [5.41, 5.74) is 2.78. The number of hydrogen-bond donors (Lipinski definition) is 2. The van der Waals surface area contributed by atoms with Gasteiger partial charge >= 0.3 is 0 Å². The van der Waals surface area contributed by atoms with Crippen LogP contribution < -0.4 is 20.1 Å². The summed E-state index contributed by atoms with van der Waals surface area (Å²) in [5, 5.41) is 7.23. The summed E-state index contributed by atoms with van der Waals surface area (Å²) in [6, 6.07) is 15.1. The largest absolute Gasteiger partial charge is 0.493 e. The molecule has 27 heavy (non-hydrogen) atoms. The van der Waals surface area contributed by atoms with Crippen molar-refractivity contribution in [1.29, 1.82) is 0 Å². The monoisotopic (exact) mass is 384 g/mol. The predicted octanol–water partition coefficient (Wildman–Crippen LogP) is 4.81. The maximum Gasteiger partial charge on any atom is 0.229 e. The predicted molar refractivity (Wildman–Crippen MR) is 108 cm³/mol. The molecule has 0 fully saturated rings. The van der Waals surface area contributed by atoms with Crippen LogP contribution >= 0.6 is 11.6 Å². The van der Waals surface area contributed by atoms with Crippen LogP contribution in [-0.4, -0.2) is 24.2 Å². The van der Waals surface area contributed by atoms with Crippen molar-refractivity contribution < 1.29 is 9.47 Å². The van der Waals surface area contributed by atoms with Crippen molar-refractivity contribution in [3.63, 3.8) is 0 Å².